The maximum atomic E-state index is 13.4. The molecule has 1 heterocycles. The molecule has 2 nitrogen and oxygen atoms in total. The third-order valence-corrected chi connectivity index (χ3v) is 4.19. The first-order valence-electron chi connectivity index (χ1n) is 6.96. The highest BCUT2D eigenvalue weighted by atomic mass is 35.5. The molecule has 0 aliphatic carbocycles. The summed E-state index contributed by atoms with van der Waals surface area (Å²) in [6.45, 7) is 0.480. The molecule has 0 saturated heterocycles. The summed E-state index contributed by atoms with van der Waals surface area (Å²) in [6, 6.07) is 12.5. The second-order valence-electron chi connectivity index (χ2n) is 5.40. The van der Waals surface area contributed by atoms with Crippen LogP contribution in [0.2, 0.25) is 5.02 Å². The quantitative estimate of drug-likeness (QED) is 0.938. The van der Waals surface area contributed by atoms with Gasteiger partial charge >= 0.3 is 0 Å². The first-order valence-corrected chi connectivity index (χ1v) is 7.34. The Morgan fingerprint density at radius 1 is 1.29 bits per heavy atom. The fourth-order valence-corrected chi connectivity index (χ4v) is 2.79. The zero-order chi connectivity index (χ0) is 14.8. The summed E-state index contributed by atoms with van der Waals surface area (Å²) in [5.74, 6) is 0.448. The highest BCUT2D eigenvalue weighted by Crippen LogP contribution is 2.29. The van der Waals surface area contributed by atoms with Gasteiger partial charge < -0.3 is 9.84 Å². The van der Waals surface area contributed by atoms with E-state index in [0.29, 0.717) is 13.0 Å². The van der Waals surface area contributed by atoms with E-state index in [9.17, 15) is 9.50 Å². The van der Waals surface area contributed by atoms with Crippen LogP contribution in [0.5, 0.6) is 5.75 Å². The lowest BCUT2D eigenvalue weighted by Gasteiger charge is -2.29. The number of benzene rings is 2. The van der Waals surface area contributed by atoms with E-state index in [1.165, 1.54) is 12.1 Å². The van der Waals surface area contributed by atoms with Crippen molar-refractivity contribution in [2.24, 2.45) is 5.92 Å². The number of para-hydroxylation sites is 1. The van der Waals surface area contributed by atoms with E-state index in [1.807, 2.05) is 24.3 Å². The van der Waals surface area contributed by atoms with Gasteiger partial charge in [-0.2, -0.15) is 0 Å². The summed E-state index contributed by atoms with van der Waals surface area (Å²) in [5, 5.41) is 10.5. The molecule has 0 saturated carbocycles. The van der Waals surface area contributed by atoms with Crippen LogP contribution in [0.1, 0.15) is 11.1 Å². The van der Waals surface area contributed by atoms with Crippen molar-refractivity contribution < 1.29 is 14.2 Å². The van der Waals surface area contributed by atoms with E-state index in [4.69, 9.17) is 16.3 Å². The van der Waals surface area contributed by atoms with Gasteiger partial charge in [-0.1, -0.05) is 35.9 Å². The Balaban J connectivity index is 1.69. The lowest BCUT2D eigenvalue weighted by molar-refractivity contribution is 0.0652. The van der Waals surface area contributed by atoms with E-state index in [1.54, 1.807) is 6.07 Å². The van der Waals surface area contributed by atoms with Crippen molar-refractivity contribution in [3.63, 3.8) is 0 Å². The van der Waals surface area contributed by atoms with Gasteiger partial charge in [0.05, 0.1) is 17.7 Å². The van der Waals surface area contributed by atoms with Gasteiger partial charge in [-0.3, -0.25) is 0 Å². The normalized spacial score (nSPS) is 18.7. The van der Waals surface area contributed by atoms with Gasteiger partial charge in [-0.25, -0.2) is 4.39 Å². The second kappa shape index (κ2) is 6.04. The van der Waals surface area contributed by atoms with E-state index in [2.05, 4.69) is 0 Å². The maximum Gasteiger partial charge on any atom is 0.142 e. The predicted molar refractivity (Wildman–Crippen MR) is 80.3 cm³/mol. The van der Waals surface area contributed by atoms with Crippen LogP contribution in [0.4, 0.5) is 4.39 Å². The summed E-state index contributed by atoms with van der Waals surface area (Å²) < 4.78 is 19.1. The average Bonchev–Trinajstić information content (AvgIpc) is 2.50. The minimum Gasteiger partial charge on any atom is -0.493 e. The van der Waals surface area contributed by atoms with E-state index in [0.717, 1.165) is 23.3 Å². The summed E-state index contributed by atoms with van der Waals surface area (Å²) >= 11 is 5.66. The van der Waals surface area contributed by atoms with Gasteiger partial charge in [0.1, 0.15) is 11.6 Å². The minimum atomic E-state index is -0.570. The smallest absolute Gasteiger partial charge is 0.142 e. The van der Waals surface area contributed by atoms with Gasteiger partial charge in [0.15, 0.2) is 0 Å². The maximum absolute atomic E-state index is 13.4. The highest BCUT2D eigenvalue weighted by molar-refractivity contribution is 6.30. The van der Waals surface area contributed by atoms with Crippen LogP contribution < -0.4 is 4.74 Å². The number of fused-ring (bicyclic) bond motifs is 1. The molecular weight excluding hydrogens is 291 g/mol. The molecule has 2 aromatic carbocycles. The van der Waals surface area contributed by atoms with E-state index < -0.39 is 11.9 Å². The fourth-order valence-electron chi connectivity index (χ4n) is 2.67. The van der Waals surface area contributed by atoms with Crippen molar-refractivity contribution in [3.8, 4) is 5.75 Å². The molecule has 2 atom stereocenters. The fraction of sp³-hybridized carbons (Fsp3) is 0.294. The molecule has 4 heteroatoms. The van der Waals surface area contributed by atoms with Crippen molar-refractivity contribution >= 4 is 11.6 Å². The Morgan fingerprint density at radius 2 is 2.10 bits per heavy atom. The van der Waals surface area contributed by atoms with Gasteiger partial charge in [-0.15, -0.1) is 0 Å². The van der Waals surface area contributed by atoms with Gasteiger partial charge in [0.2, 0.25) is 0 Å². The Bertz CT molecular complexity index is 644. The summed E-state index contributed by atoms with van der Waals surface area (Å²) in [4.78, 5) is 0. The van der Waals surface area contributed by atoms with Crippen molar-refractivity contribution in [2.75, 3.05) is 6.61 Å². The van der Waals surface area contributed by atoms with E-state index >= 15 is 0 Å². The number of aliphatic hydroxyl groups is 1. The van der Waals surface area contributed by atoms with Crippen molar-refractivity contribution in [3.05, 3.63) is 64.4 Å². The molecule has 3 rings (SSSR count). The number of halogens is 2. The molecule has 0 aromatic heterocycles. The van der Waals surface area contributed by atoms with Crippen LogP contribution in [0, 0.1) is 11.7 Å². The number of ether oxygens (including phenoxy) is 1. The largest absolute Gasteiger partial charge is 0.493 e. The topological polar surface area (TPSA) is 29.5 Å². The first kappa shape index (κ1) is 14.4. The van der Waals surface area contributed by atoms with Crippen molar-refractivity contribution in [1.82, 2.24) is 0 Å². The molecule has 1 aliphatic rings. The second-order valence-corrected chi connectivity index (χ2v) is 5.81. The molecule has 2 unspecified atom stereocenters. The molecule has 110 valence electrons. The van der Waals surface area contributed by atoms with Gasteiger partial charge in [0, 0.05) is 5.92 Å². The molecule has 0 spiro atoms. The van der Waals surface area contributed by atoms with Crippen LogP contribution in [0.25, 0.3) is 0 Å². The van der Waals surface area contributed by atoms with Crippen molar-refractivity contribution in [2.45, 2.75) is 18.9 Å². The standard InChI is InChI=1S/C17H16ClFO2/c18-14-6-5-11(7-15(14)19)8-16(20)13-9-12-3-1-2-4-17(12)21-10-13/h1-7,13,16,20H,8-10H2. The van der Waals surface area contributed by atoms with Gasteiger partial charge in [0.25, 0.3) is 0 Å². The monoisotopic (exact) mass is 306 g/mol. The van der Waals surface area contributed by atoms with Crippen LogP contribution in [-0.2, 0) is 12.8 Å². The zero-order valence-corrected chi connectivity index (χ0v) is 12.2. The highest BCUT2D eigenvalue weighted by Gasteiger charge is 2.26. The van der Waals surface area contributed by atoms with Crippen LogP contribution in [-0.4, -0.2) is 17.8 Å². The van der Waals surface area contributed by atoms with Gasteiger partial charge in [-0.05, 0) is 42.2 Å². The Morgan fingerprint density at radius 3 is 2.90 bits per heavy atom. The number of aliphatic hydroxyl groups excluding tert-OH is 1. The van der Waals surface area contributed by atoms with Crippen LogP contribution in [0.3, 0.4) is 0 Å². The minimum absolute atomic E-state index is 0.0126. The summed E-state index contributed by atoms with van der Waals surface area (Å²) in [6.07, 6.45) is 0.594. The lowest BCUT2D eigenvalue weighted by Crippen LogP contribution is -2.33. The molecule has 0 amide bonds. The zero-order valence-electron chi connectivity index (χ0n) is 11.4. The Labute approximate surface area is 128 Å². The van der Waals surface area contributed by atoms with Crippen LogP contribution in [0.15, 0.2) is 42.5 Å². The SMILES string of the molecule is OC(Cc1ccc(Cl)c(F)c1)C1COc2ccccc2C1. The Hall–Kier alpha value is -1.58. The molecule has 0 fully saturated rings. The van der Waals surface area contributed by atoms with Crippen LogP contribution >= 0.6 is 11.6 Å². The molecule has 21 heavy (non-hydrogen) atoms. The molecule has 0 radical (unpaired) electrons. The first-order chi connectivity index (χ1) is 10.1. The Kier molecular flexibility index (Phi) is 4.13. The number of rotatable bonds is 3. The molecule has 2 aromatic rings. The molecule has 1 aliphatic heterocycles. The summed E-state index contributed by atoms with van der Waals surface area (Å²) in [5.41, 5.74) is 1.85. The lowest BCUT2D eigenvalue weighted by atomic mass is 9.89. The average molecular weight is 307 g/mol. The third-order valence-electron chi connectivity index (χ3n) is 3.88. The molecule has 0 bridgehead atoms. The van der Waals surface area contributed by atoms with E-state index in [-0.39, 0.29) is 10.9 Å². The van der Waals surface area contributed by atoms with Crippen molar-refractivity contribution in [1.29, 1.82) is 0 Å². The third kappa shape index (κ3) is 3.20. The molecule has 1 N–H and O–H groups in total. The summed E-state index contributed by atoms with van der Waals surface area (Å²) in [7, 11) is 0. The molecular formula is C17H16ClFO2. The number of hydrogen-bond donors (Lipinski definition) is 1. The number of hydrogen-bond acceptors (Lipinski definition) is 2. The predicted octanol–water partition coefficient (Wildman–Crippen LogP) is 3.63.